The molecule has 7 aromatic rings. The van der Waals surface area contributed by atoms with Crippen molar-refractivity contribution in [2.24, 2.45) is 0 Å². The molecule has 0 aliphatic carbocycles. The maximum Gasteiger partial charge on any atom is 0.261 e. The molecule has 0 bridgehead atoms. The summed E-state index contributed by atoms with van der Waals surface area (Å²) in [6, 6.07) is 6.37. The number of hydrogen-bond acceptors (Lipinski definition) is 24. The van der Waals surface area contributed by atoms with Crippen LogP contribution in [0.2, 0.25) is 0 Å². The number of ether oxygens (including phenoxy) is 4. The predicted octanol–water partition coefficient (Wildman–Crippen LogP) is -0.918. The first-order chi connectivity index (χ1) is 32.0. The number of aromatic nitrogens is 12. The molecule has 0 unspecified atom stereocenters. The van der Waals surface area contributed by atoms with Crippen LogP contribution >= 0.6 is 10.7 Å². The van der Waals surface area contributed by atoms with Gasteiger partial charge >= 0.3 is 0 Å². The summed E-state index contributed by atoms with van der Waals surface area (Å²) in [5.74, 6) is 0.796. The summed E-state index contributed by atoms with van der Waals surface area (Å²) in [6.45, 7) is 3.89. The molecule has 4 aliphatic heterocycles. The number of fused-ring (bicyclic) bond motifs is 4. The van der Waals surface area contributed by atoms with Crippen molar-refractivity contribution in [2.75, 3.05) is 30.4 Å². The number of aliphatic hydroxyl groups excluding tert-OH is 6. The number of nitrogens with zero attached hydrogens (tertiary/aromatic N) is 12. The van der Waals surface area contributed by atoms with E-state index in [1.54, 1.807) is 27.6 Å². The summed E-state index contributed by atoms with van der Waals surface area (Å²) in [7, 11) is 1.54. The van der Waals surface area contributed by atoms with Crippen molar-refractivity contribution in [3.05, 3.63) is 67.8 Å². The van der Waals surface area contributed by atoms with Gasteiger partial charge in [0.2, 0.25) is 0 Å². The number of anilines is 3. The standard InChI is InChI=1S/C11H15N5O3.C10H13N5O4.C10H11N5O3.C7H7ClO2S.CH4/c1-2-5-7(17)8(18)11(19-5)16-4-15-6-9(12)13-3-14-10(6)16;11-8-5-9(13-2-12-8)15(3-14-5)10-7(18)6(17)4(1-16)19-10;11-8-5-9(13-2-12-8)15(3-14-5)10-6(16)7-4(18-10)1-17-7;1-6-2-4-7(5-3-6)11(8,9)10;/h3-5,7-8,11,17-18H,2H2,1H3,(H2,12,13,14);2-4,6-7,10,16-18H,1H2,(H2,11,12,13);2-4,6-7,10,16H,1H2,(H2,11,12,13);2-5H,1H3;1H4/t5-,7+,8-,11-;4-,6+,7-,10-;4-,6-,7+,10-;;/m111../s1. The molecule has 10 heterocycles. The van der Waals surface area contributed by atoms with E-state index in [4.69, 9.17) is 51.9 Å². The minimum Gasteiger partial charge on any atom is -0.394 e. The molecule has 1 aromatic carbocycles. The zero-order valence-corrected chi connectivity index (χ0v) is 36.9. The topological polar surface area (TPSA) is 401 Å². The average Bonchev–Trinajstić information content (AvgIpc) is 4.15. The Morgan fingerprint density at radius 2 is 1.04 bits per heavy atom. The Morgan fingerprint density at radius 1 is 0.632 bits per heavy atom. The van der Waals surface area contributed by atoms with Crippen LogP contribution in [0.15, 0.2) is 67.1 Å². The van der Waals surface area contributed by atoms with Crippen LogP contribution in [0.3, 0.4) is 0 Å². The first kappa shape index (κ1) is 50.0. The summed E-state index contributed by atoms with van der Waals surface area (Å²) in [5.41, 5.74) is 20.9. The Hall–Kier alpha value is -5.89. The SMILES string of the molecule is C.CC[C@H]1O[C@@H](n2cnc3c(N)ncnc32)[C@H](O)[C@H]1O.Cc1ccc(S(=O)(=O)Cl)cc1.Nc1ncnc2c1ncn2[C@@H]1O[C@@H]2CO[C@@H]2[C@H]1O.Nc1ncnc2c1ncn2[C@@H]1O[C@H](CO)[C@H](O)[C@H]1O. The fourth-order valence-electron chi connectivity index (χ4n) is 7.65. The van der Waals surface area contributed by atoms with Gasteiger partial charge in [-0.15, -0.1) is 0 Å². The van der Waals surface area contributed by atoms with Gasteiger partial charge in [0.15, 0.2) is 53.1 Å². The molecule has 68 heavy (non-hydrogen) atoms. The molecular weight excluding hydrogens is 938 g/mol. The fourth-order valence-corrected chi connectivity index (χ4v) is 8.42. The molecule has 6 aromatic heterocycles. The smallest absolute Gasteiger partial charge is 0.261 e. The lowest BCUT2D eigenvalue weighted by atomic mass is 10.1. The van der Waals surface area contributed by atoms with Gasteiger partial charge < -0.3 is 66.8 Å². The zero-order valence-electron chi connectivity index (χ0n) is 35.3. The second kappa shape index (κ2) is 20.4. The van der Waals surface area contributed by atoms with Crippen molar-refractivity contribution >= 4 is 70.7 Å². The van der Waals surface area contributed by atoms with Crippen LogP contribution in [0.4, 0.5) is 17.5 Å². The fraction of sp³-hybridized carbons (Fsp3) is 0.462. The number of halogens is 1. The third-order valence-corrected chi connectivity index (χ3v) is 12.7. The molecule has 0 saturated carbocycles. The van der Waals surface area contributed by atoms with E-state index in [0.29, 0.717) is 52.3 Å². The van der Waals surface area contributed by atoms with E-state index in [1.807, 2.05) is 13.8 Å². The number of benzene rings is 1. The Morgan fingerprint density at radius 3 is 1.37 bits per heavy atom. The van der Waals surface area contributed by atoms with Crippen molar-refractivity contribution in [3.8, 4) is 0 Å². The normalized spacial score (nSPS) is 28.4. The van der Waals surface area contributed by atoms with Gasteiger partial charge in [-0.1, -0.05) is 32.0 Å². The summed E-state index contributed by atoms with van der Waals surface area (Å²) in [5, 5.41) is 58.8. The van der Waals surface area contributed by atoms with Crippen LogP contribution in [-0.2, 0) is 28.0 Å². The molecule has 29 heteroatoms. The molecule has 12 N–H and O–H groups in total. The molecule has 4 aliphatic rings. The van der Waals surface area contributed by atoms with E-state index in [-0.39, 0.29) is 36.2 Å². The van der Waals surface area contributed by atoms with Crippen LogP contribution in [0.1, 0.15) is 45.0 Å². The highest BCUT2D eigenvalue weighted by Crippen LogP contribution is 2.38. The lowest BCUT2D eigenvalue weighted by Crippen LogP contribution is -2.46. The summed E-state index contributed by atoms with van der Waals surface area (Å²) in [4.78, 5) is 36.2. The summed E-state index contributed by atoms with van der Waals surface area (Å²) < 4.78 is 48.1. The van der Waals surface area contributed by atoms with Gasteiger partial charge in [-0.2, -0.15) is 0 Å². The number of nitrogen functional groups attached to an aromatic ring is 3. The van der Waals surface area contributed by atoms with Crippen LogP contribution in [0, 0.1) is 6.92 Å². The van der Waals surface area contributed by atoms with Gasteiger partial charge in [0.05, 0.1) is 43.2 Å². The molecule has 11 rings (SSSR count). The lowest BCUT2D eigenvalue weighted by Gasteiger charge is -2.29. The van der Waals surface area contributed by atoms with Crippen molar-refractivity contribution in [1.82, 2.24) is 58.6 Å². The van der Waals surface area contributed by atoms with Gasteiger partial charge in [0, 0.05) is 10.7 Å². The molecular formula is C39H50ClN15O12S. The number of hydrogen-bond donors (Lipinski definition) is 9. The third-order valence-electron chi connectivity index (χ3n) is 11.3. The largest absolute Gasteiger partial charge is 0.394 e. The van der Waals surface area contributed by atoms with E-state index in [1.165, 1.54) is 48.3 Å². The van der Waals surface area contributed by atoms with E-state index < -0.39 is 77.1 Å². The molecule has 4 saturated heterocycles. The van der Waals surface area contributed by atoms with Gasteiger partial charge in [-0.25, -0.2) is 53.3 Å². The maximum atomic E-state index is 10.7. The zero-order chi connectivity index (χ0) is 47.9. The maximum absolute atomic E-state index is 10.7. The van der Waals surface area contributed by atoms with E-state index in [9.17, 15) is 34.0 Å². The lowest BCUT2D eigenvalue weighted by molar-refractivity contribution is -0.156. The summed E-state index contributed by atoms with van der Waals surface area (Å²) >= 11 is 0. The highest BCUT2D eigenvalue weighted by Gasteiger charge is 2.52. The number of nitrogens with two attached hydrogens (primary N) is 3. The Bertz CT molecular complexity index is 2840. The first-order valence-corrected chi connectivity index (χ1v) is 22.7. The third kappa shape index (κ3) is 9.57. The van der Waals surface area contributed by atoms with Gasteiger partial charge in [0.25, 0.3) is 9.05 Å². The number of aryl methyl sites for hydroxylation is 1. The first-order valence-electron chi connectivity index (χ1n) is 20.4. The Labute approximate surface area is 390 Å². The van der Waals surface area contributed by atoms with Crippen LogP contribution < -0.4 is 17.2 Å². The van der Waals surface area contributed by atoms with Crippen molar-refractivity contribution in [3.63, 3.8) is 0 Å². The molecule has 0 radical (unpaired) electrons. The second-order valence-electron chi connectivity index (χ2n) is 15.5. The van der Waals surface area contributed by atoms with Crippen molar-refractivity contribution in [1.29, 1.82) is 0 Å². The molecule has 27 nitrogen and oxygen atoms in total. The van der Waals surface area contributed by atoms with Crippen LogP contribution in [0.5, 0.6) is 0 Å². The summed E-state index contributed by atoms with van der Waals surface area (Å²) in [6.07, 6.45) is 0.246. The Balaban J connectivity index is 0.000000136. The highest BCUT2D eigenvalue weighted by atomic mass is 35.7. The number of aliphatic hydroxyl groups is 6. The molecule has 4 fully saturated rings. The Kier molecular flexibility index (Phi) is 15.0. The monoisotopic (exact) mass is 987 g/mol. The van der Waals surface area contributed by atoms with Crippen molar-refractivity contribution < 1.29 is 58.0 Å². The van der Waals surface area contributed by atoms with Crippen molar-refractivity contribution in [2.45, 2.75) is 106 Å². The molecule has 0 spiro atoms. The molecule has 12 atom stereocenters. The number of rotatable bonds is 6. The highest BCUT2D eigenvalue weighted by molar-refractivity contribution is 8.13. The quantitative estimate of drug-likeness (QED) is 0.0910. The minimum atomic E-state index is -3.55. The van der Waals surface area contributed by atoms with E-state index in [0.717, 1.165) is 5.56 Å². The van der Waals surface area contributed by atoms with Gasteiger partial charge in [-0.3, -0.25) is 13.7 Å². The second-order valence-corrected chi connectivity index (χ2v) is 18.1. The van der Waals surface area contributed by atoms with Gasteiger partial charge in [-0.05, 0) is 25.5 Å². The minimum absolute atomic E-state index is 0. The van der Waals surface area contributed by atoms with Gasteiger partial charge in [0.1, 0.15) is 84.4 Å². The molecule has 366 valence electrons. The average molecular weight is 988 g/mol. The van der Waals surface area contributed by atoms with Crippen LogP contribution in [-0.4, -0.2) is 166 Å². The van der Waals surface area contributed by atoms with E-state index >= 15 is 0 Å². The number of imidazole rings is 3. The van der Waals surface area contributed by atoms with E-state index in [2.05, 4.69) is 44.9 Å². The molecule has 0 amide bonds. The predicted molar refractivity (Wildman–Crippen MR) is 239 cm³/mol. The van der Waals surface area contributed by atoms with Crippen LogP contribution in [0.25, 0.3) is 33.5 Å².